The van der Waals surface area contributed by atoms with Crippen LogP contribution >= 0.6 is 15.6 Å². The maximum absolute atomic E-state index is 13.1. The fraction of sp³-hybridized carbons (Fsp3) is 0.954. The Labute approximate surface area is 651 Å². The van der Waals surface area contributed by atoms with Gasteiger partial charge in [0, 0.05) is 25.7 Å². The van der Waals surface area contributed by atoms with E-state index in [1.165, 1.54) is 283 Å². The van der Waals surface area contributed by atoms with Crippen LogP contribution in [-0.4, -0.2) is 96.7 Å². The van der Waals surface area contributed by atoms with Crippen molar-refractivity contribution in [2.45, 2.75) is 490 Å². The van der Waals surface area contributed by atoms with Crippen molar-refractivity contribution < 1.29 is 80.2 Å². The Hall–Kier alpha value is -1.94. The van der Waals surface area contributed by atoms with Gasteiger partial charge in [0.15, 0.2) is 12.2 Å². The Morgan fingerprint density at radius 1 is 0.264 bits per heavy atom. The van der Waals surface area contributed by atoms with Crippen molar-refractivity contribution in [3.8, 4) is 0 Å². The van der Waals surface area contributed by atoms with Gasteiger partial charge in [-0.1, -0.05) is 420 Å². The summed E-state index contributed by atoms with van der Waals surface area (Å²) in [5.41, 5.74) is 0. The van der Waals surface area contributed by atoms with Gasteiger partial charge in [-0.3, -0.25) is 37.3 Å². The van der Waals surface area contributed by atoms with Crippen molar-refractivity contribution >= 4 is 39.5 Å². The lowest BCUT2D eigenvalue weighted by Gasteiger charge is -2.21. The van der Waals surface area contributed by atoms with Crippen LogP contribution in [0.4, 0.5) is 0 Å². The molecule has 0 bridgehead atoms. The summed E-state index contributed by atoms with van der Waals surface area (Å²) in [6, 6.07) is 0. The Balaban J connectivity index is 5.15. The highest BCUT2D eigenvalue weighted by Gasteiger charge is 2.30. The Morgan fingerprint density at radius 2 is 0.453 bits per heavy atom. The third-order valence-corrected chi connectivity index (χ3v) is 22.8. The molecule has 6 atom stereocenters. The lowest BCUT2D eigenvalue weighted by atomic mass is 9.99. The lowest BCUT2D eigenvalue weighted by molar-refractivity contribution is -0.161. The Bertz CT molecular complexity index is 2020. The van der Waals surface area contributed by atoms with Crippen LogP contribution in [0.25, 0.3) is 0 Å². The standard InChI is InChI=1S/C87H170O17P2/c1-6-10-13-16-19-21-23-25-27-29-31-36-39-43-47-51-56-61-66-71-85(90)98-77-83(104-87(92)73-68-63-58-53-49-45-41-37-33-32-34-38-42-46-50-55-59-64-69-80(5)9-4)79-102-106(95,96)100-75-81(88)74-99-105(93,94)101-78-82(76-97-84(89)70-65-60-54-18-15-12-8-3)103-86(91)72-67-62-57-52-48-44-40-35-30-28-26-24-22-20-17-14-11-7-2/h80-83,88H,6-79H2,1-5H3,(H,93,94)(H,95,96)/t80?,81-,82+,83+/m0/s1. The molecule has 0 saturated heterocycles. The summed E-state index contributed by atoms with van der Waals surface area (Å²) < 4.78 is 68.8. The van der Waals surface area contributed by atoms with E-state index in [1.54, 1.807) is 0 Å². The van der Waals surface area contributed by atoms with Crippen molar-refractivity contribution in [2.24, 2.45) is 5.92 Å². The number of unbranched alkanes of at least 4 members (excludes halogenated alkanes) is 58. The fourth-order valence-corrected chi connectivity index (χ4v) is 15.2. The smallest absolute Gasteiger partial charge is 0.462 e. The second kappa shape index (κ2) is 79.7. The lowest BCUT2D eigenvalue weighted by Crippen LogP contribution is -2.30. The molecule has 0 aromatic carbocycles. The van der Waals surface area contributed by atoms with E-state index in [4.69, 9.17) is 37.0 Å². The number of phosphoric acid groups is 2. The van der Waals surface area contributed by atoms with Gasteiger partial charge in [-0.15, -0.1) is 0 Å². The van der Waals surface area contributed by atoms with Crippen LogP contribution in [0.15, 0.2) is 0 Å². The second-order valence-corrected chi connectivity index (χ2v) is 34.4. The first kappa shape index (κ1) is 104. The maximum Gasteiger partial charge on any atom is 0.472 e. The monoisotopic (exact) mass is 1550 g/mol. The van der Waals surface area contributed by atoms with Gasteiger partial charge < -0.3 is 33.8 Å². The van der Waals surface area contributed by atoms with Crippen LogP contribution in [0.3, 0.4) is 0 Å². The number of carbonyl (C=O) groups is 4. The molecule has 17 nitrogen and oxygen atoms in total. The van der Waals surface area contributed by atoms with Crippen LogP contribution in [0.2, 0.25) is 0 Å². The summed E-state index contributed by atoms with van der Waals surface area (Å²) in [4.78, 5) is 73.1. The number of aliphatic hydroxyl groups is 1. The molecule has 106 heavy (non-hydrogen) atoms. The van der Waals surface area contributed by atoms with E-state index in [2.05, 4.69) is 34.6 Å². The molecule has 0 amide bonds. The van der Waals surface area contributed by atoms with Crippen LogP contribution in [0, 0.1) is 5.92 Å². The first-order chi connectivity index (χ1) is 51.6. The number of hydrogen-bond acceptors (Lipinski definition) is 15. The molecule has 0 aliphatic carbocycles. The zero-order valence-electron chi connectivity index (χ0n) is 69.6. The van der Waals surface area contributed by atoms with Gasteiger partial charge in [0.1, 0.15) is 19.3 Å². The van der Waals surface area contributed by atoms with Crippen molar-refractivity contribution in [3.63, 3.8) is 0 Å². The number of rotatable bonds is 87. The van der Waals surface area contributed by atoms with Gasteiger partial charge in [0.25, 0.3) is 0 Å². The highest BCUT2D eigenvalue weighted by atomic mass is 31.2. The number of aliphatic hydroxyl groups excluding tert-OH is 1. The molecule has 3 unspecified atom stereocenters. The molecule has 3 N–H and O–H groups in total. The molecule has 0 rings (SSSR count). The van der Waals surface area contributed by atoms with Crippen LogP contribution in [-0.2, 0) is 65.4 Å². The molecule has 0 aliphatic rings. The Morgan fingerprint density at radius 3 is 0.670 bits per heavy atom. The molecule has 0 aromatic rings. The summed E-state index contributed by atoms with van der Waals surface area (Å²) in [7, 11) is -9.92. The summed E-state index contributed by atoms with van der Waals surface area (Å²) in [5.74, 6) is -1.23. The first-order valence-corrected chi connectivity index (χ1v) is 48.2. The molecule has 630 valence electrons. The first-order valence-electron chi connectivity index (χ1n) is 45.2. The SMILES string of the molecule is CCCCCCCCCCCCCCCCCCCCCC(=O)OC[C@H](COP(=O)(O)OC[C@@H](O)COP(=O)(O)OC[C@@H](COC(=O)CCCCCCCCC)OC(=O)CCCCCCCCCCCCCCCCCCCC)OC(=O)CCCCCCCCCCCCCCCCCCCCC(C)CC. The van der Waals surface area contributed by atoms with Crippen molar-refractivity contribution in [1.82, 2.24) is 0 Å². The second-order valence-electron chi connectivity index (χ2n) is 31.5. The van der Waals surface area contributed by atoms with E-state index >= 15 is 0 Å². The molecule has 0 radical (unpaired) electrons. The average Bonchev–Trinajstić information content (AvgIpc) is 0.902. The van der Waals surface area contributed by atoms with Gasteiger partial charge in [0.05, 0.1) is 26.4 Å². The summed E-state index contributed by atoms with van der Waals surface area (Å²) in [6.07, 6.45) is 73.8. The van der Waals surface area contributed by atoms with E-state index in [9.17, 15) is 43.2 Å². The van der Waals surface area contributed by atoms with Crippen LogP contribution < -0.4 is 0 Å². The largest absolute Gasteiger partial charge is 0.472 e. The minimum absolute atomic E-state index is 0.109. The van der Waals surface area contributed by atoms with Gasteiger partial charge >= 0.3 is 39.5 Å². The zero-order valence-corrected chi connectivity index (χ0v) is 71.4. The summed E-state index contributed by atoms with van der Waals surface area (Å²) in [5, 5.41) is 10.7. The molecular formula is C87H170O17P2. The van der Waals surface area contributed by atoms with Crippen LogP contribution in [0.5, 0.6) is 0 Å². The molecule has 0 heterocycles. The normalized spacial score (nSPS) is 14.0. The molecule has 0 saturated carbocycles. The fourth-order valence-electron chi connectivity index (χ4n) is 13.6. The van der Waals surface area contributed by atoms with Gasteiger partial charge in [0.2, 0.25) is 0 Å². The third kappa shape index (κ3) is 78.7. The van der Waals surface area contributed by atoms with E-state index in [-0.39, 0.29) is 25.7 Å². The minimum Gasteiger partial charge on any atom is -0.462 e. The van der Waals surface area contributed by atoms with Gasteiger partial charge in [-0.05, 0) is 31.6 Å². The quantitative estimate of drug-likeness (QED) is 0.0222. The molecule has 0 aliphatic heterocycles. The van der Waals surface area contributed by atoms with E-state index in [1.807, 2.05) is 0 Å². The molecular weight excluding hydrogens is 1380 g/mol. The minimum atomic E-state index is -4.96. The number of hydrogen-bond donors (Lipinski definition) is 3. The maximum atomic E-state index is 13.1. The van der Waals surface area contributed by atoms with E-state index in [0.29, 0.717) is 25.7 Å². The topological polar surface area (TPSA) is 237 Å². The number of carbonyl (C=O) groups excluding carboxylic acids is 4. The number of esters is 4. The van der Waals surface area contributed by atoms with Crippen molar-refractivity contribution in [2.75, 3.05) is 39.6 Å². The number of phosphoric ester groups is 2. The van der Waals surface area contributed by atoms with E-state index < -0.39 is 97.5 Å². The molecule has 0 aromatic heterocycles. The molecule has 19 heteroatoms. The Kier molecular flexibility index (Phi) is 78.2. The van der Waals surface area contributed by atoms with Crippen LogP contribution in [0.1, 0.15) is 471 Å². The zero-order chi connectivity index (χ0) is 77.6. The van der Waals surface area contributed by atoms with Gasteiger partial charge in [-0.2, -0.15) is 0 Å². The highest BCUT2D eigenvalue weighted by molar-refractivity contribution is 7.47. The predicted octanol–water partition coefficient (Wildman–Crippen LogP) is 26.8. The number of ether oxygens (including phenoxy) is 4. The average molecular weight is 1550 g/mol. The summed E-state index contributed by atoms with van der Waals surface area (Å²) in [6.45, 7) is 7.40. The molecule has 0 spiro atoms. The summed E-state index contributed by atoms with van der Waals surface area (Å²) >= 11 is 0. The predicted molar refractivity (Wildman–Crippen MR) is 437 cm³/mol. The molecule has 0 fully saturated rings. The third-order valence-electron chi connectivity index (χ3n) is 20.9. The van der Waals surface area contributed by atoms with Crippen molar-refractivity contribution in [3.05, 3.63) is 0 Å². The van der Waals surface area contributed by atoms with E-state index in [0.717, 1.165) is 109 Å². The highest BCUT2D eigenvalue weighted by Crippen LogP contribution is 2.45. The van der Waals surface area contributed by atoms with Gasteiger partial charge in [-0.25, -0.2) is 9.13 Å². The van der Waals surface area contributed by atoms with Crippen molar-refractivity contribution in [1.29, 1.82) is 0 Å².